The van der Waals surface area contributed by atoms with Crippen LogP contribution in [0.25, 0.3) is 0 Å². The van der Waals surface area contributed by atoms with Crippen LogP contribution >= 0.6 is 0 Å². The summed E-state index contributed by atoms with van der Waals surface area (Å²) in [7, 11) is -3.73. The monoisotopic (exact) mass is 378 g/mol. The fraction of sp³-hybridized carbons (Fsp3) is 0.333. The molecular formula is C18H22N2O5S. The number of aromatic amines is 1. The number of pyridine rings is 1. The molecule has 1 aromatic heterocycles. The number of hydrogen-bond acceptors (Lipinski definition) is 5. The molecule has 0 bridgehead atoms. The Balaban J connectivity index is 1.99. The Hall–Kier alpha value is -2.61. The van der Waals surface area contributed by atoms with E-state index in [9.17, 15) is 18.0 Å². The molecule has 0 atom stereocenters. The van der Waals surface area contributed by atoms with Crippen LogP contribution in [0.1, 0.15) is 24.6 Å². The van der Waals surface area contributed by atoms with Crippen LogP contribution in [-0.2, 0) is 20.4 Å². The highest BCUT2D eigenvalue weighted by Gasteiger charge is 2.18. The summed E-state index contributed by atoms with van der Waals surface area (Å²) >= 11 is 0. The van der Waals surface area contributed by atoms with Gasteiger partial charge in [0.2, 0.25) is 11.3 Å². The molecule has 1 heterocycles. The molecule has 140 valence electrons. The summed E-state index contributed by atoms with van der Waals surface area (Å²) in [5.41, 5.74) is 1.38. The van der Waals surface area contributed by atoms with Gasteiger partial charge >= 0.3 is 0 Å². The standard InChI is InChI=1S/C18H22N2O5S/c1-3-8-25-17-10-19-15(9-16(17)21)11-26(23,24)12-18(22)20-14-6-4-13(2)5-7-14/h4-7,9-10H,3,8,11-12H2,1-2H3,(H,19,21)(H,20,22). The van der Waals surface area contributed by atoms with Crippen molar-refractivity contribution in [1.29, 1.82) is 0 Å². The van der Waals surface area contributed by atoms with Crippen molar-refractivity contribution >= 4 is 21.4 Å². The Bertz CT molecular complexity index is 917. The van der Waals surface area contributed by atoms with Crippen LogP contribution in [-0.4, -0.2) is 31.7 Å². The summed E-state index contributed by atoms with van der Waals surface area (Å²) in [5, 5.41) is 2.54. The van der Waals surface area contributed by atoms with Gasteiger partial charge in [-0.1, -0.05) is 24.6 Å². The van der Waals surface area contributed by atoms with E-state index < -0.39 is 32.7 Å². The first-order chi connectivity index (χ1) is 12.3. The molecule has 0 saturated carbocycles. The summed E-state index contributed by atoms with van der Waals surface area (Å²) in [6.07, 6.45) is 2.10. The molecule has 0 fully saturated rings. The van der Waals surface area contributed by atoms with Crippen LogP contribution in [0.2, 0.25) is 0 Å². The largest absolute Gasteiger partial charge is 0.488 e. The van der Waals surface area contributed by atoms with Gasteiger partial charge in [-0.25, -0.2) is 8.42 Å². The maximum absolute atomic E-state index is 12.2. The van der Waals surface area contributed by atoms with Crippen LogP contribution in [0.15, 0.2) is 41.3 Å². The minimum Gasteiger partial charge on any atom is -0.488 e. The van der Waals surface area contributed by atoms with E-state index in [1.54, 1.807) is 12.1 Å². The number of aryl methyl sites for hydroxylation is 1. The summed E-state index contributed by atoms with van der Waals surface area (Å²) in [6, 6.07) is 8.22. The Labute approximate surface area is 152 Å². The molecule has 1 aromatic carbocycles. The van der Waals surface area contributed by atoms with E-state index in [0.717, 1.165) is 12.0 Å². The lowest BCUT2D eigenvalue weighted by Crippen LogP contribution is -2.24. The second-order valence-electron chi connectivity index (χ2n) is 5.98. The zero-order valence-electron chi connectivity index (χ0n) is 14.7. The zero-order chi connectivity index (χ0) is 19.2. The Kier molecular flexibility index (Phi) is 6.57. The number of rotatable bonds is 8. The van der Waals surface area contributed by atoms with Crippen molar-refractivity contribution in [1.82, 2.24) is 4.98 Å². The first kappa shape index (κ1) is 19.7. The normalized spacial score (nSPS) is 11.2. The number of hydrogen-bond donors (Lipinski definition) is 2. The van der Waals surface area contributed by atoms with Crippen LogP contribution in [0.3, 0.4) is 0 Å². The Morgan fingerprint density at radius 1 is 1.23 bits per heavy atom. The van der Waals surface area contributed by atoms with Crippen molar-refractivity contribution in [2.45, 2.75) is 26.0 Å². The van der Waals surface area contributed by atoms with Gasteiger partial charge in [0, 0.05) is 23.6 Å². The first-order valence-electron chi connectivity index (χ1n) is 8.20. The van der Waals surface area contributed by atoms with Gasteiger partial charge in [-0.2, -0.15) is 0 Å². The third-order valence-electron chi connectivity index (χ3n) is 3.46. The quantitative estimate of drug-likeness (QED) is 0.731. The van der Waals surface area contributed by atoms with Crippen LogP contribution < -0.4 is 15.5 Å². The molecule has 0 saturated heterocycles. The third-order valence-corrected chi connectivity index (χ3v) is 4.91. The van der Waals surface area contributed by atoms with Gasteiger partial charge < -0.3 is 15.0 Å². The molecular weight excluding hydrogens is 356 g/mol. The van der Waals surface area contributed by atoms with Crippen LogP contribution in [0.5, 0.6) is 5.75 Å². The molecule has 26 heavy (non-hydrogen) atoms. The highest BCUT2D eigenvalue weighted by molar-refractivity contribution is 7.91. The Morgan fingerprint density at radius 2 is 1.92 bits per heavy atom. The Morgan fingerprint density at radius 3 is 2.54 bits per heavy atom. The number of benzene rings is 1. The minimum atomic E-state index is -3.73. The van der Waals surface area contributed by atoms with Gasteiger partial charge in [0.05, 0.1) is 12.4 Å². The number of anilines is 1. The summed E-state index contributed by atoms with van der Waals surface area (Å²) in [4.78, 5) is 26.6. The predicted octanol–water partition coefficient (Wildman–Crippen LogP) is 2.03. The van der Waals surface area contributed by atoms with E-state index in [1.165, 1.54) is 12.3 Å². The van der Waals surface area contributed by atoms with E-state index in [4.69, 9.17) is 4.74 Å². The van der Waals surface area contributed by atoms with Crippen LogP contribution in [0.4, 0.5) is 5.69 Å². The average molecular weight is 378 g/mol. The van der Waals surface area contributed by atoms with E-state index in [0.29, 0.717) is 12.3 Å². The fourth-order valence-corrected chi connectivity index (χ4v) is 3.44. The average Bonchev–Trinajstić information content (AvgIpc) is 2.55. The molecule has 0 spiro atoms. The molecule has 0 aliphatic carbocycles. The number of H-pyrrole nitrogens is 1. The molecule has 1 amide bonds. The number of amides is 1. The van der Waals surface area contributed by atoms with Crippen molar-refractivity contribution in [3.8, 4) is 5.75 Å². The number of aromatic nitrogens is 1. The lowest BCUT2D eigenvalue weighted by atomic mass is 10.2. The topological polar surface area (TPSA) is 105 Å². The number of carbonyl (C=O) groups excluding carboxylic acids is 1. The molecule has 2 rings (SSSR count). The van der Waals surface area contributed by atoms with E-state index in [1.807, 2.05) is 26.0 Å². The number of nitrogens with one attached hydrogen (secondary N) is 2. The third kappa shape index (κ3) is 6.03. The van der Waals surface area contributed by atoms with Gasteiger partial charge in [-0.15, -0.1) is 0 Å². The number of ether oxygens (including phenoxy) is 1. The fourth-order valence-electron chi connectivity index (χ4n) is 2.23. The SMILES string of the molecule is CCCOc1c[nH]c(CS(=O)(=O)CC(=O)Nc2ccc(C)cc2)cc1=O. The van der Waals surface area contributed by atoms with Crippen molar-refractivity contribution in [3.05, 3.63) is 58.0 Å². The molecule has 0 unspecified atom stereocenters. The van der Waals surface area contributed by atoms with E-state index in [-0.39, 0.29) is 11.4 Å². The predicted molar refractivity (Wildman–Crippen MR) is 100 cm³/mol. The number of carbonyl (C=O) groups is 1. The zero-order valence-corrected chi connectivity index (χ0v) is 15.6. The molecule has 0 aliphatic rings. The van der Waals surface area contributed by atoms with Crippen molar-refractivity contribution in [2.24, 2.45) is 0 Å². The smallest absolute Gasteiger partial charge is 0.239 e. The lowest BCUT2D eigenvalue weighted by molar-refractivity contribution is -0.113. The summed E-state index contributed by atoms with van der Waals surface area (Å²) < 4.78 is 29.7. The molecule has 2 N–H and O–H groups in total. The molecule has 0 aliphatic heterocycles. The van der Waals surface area contributed by atoms with Gasteiger partial charge in [-0.05, 0) is 25.5 Å². The first-order valence-corrected chi connectivity index (χ1v) is 10.0. The van der Waals surface area contributed by atoms with E-state index in [2.05, 4.69) is 10.3 Å². The minimum absolute atomic E-state index is 0.144. The molecule has 2 aromatic rings. The second-order valence-corrected chi connectivity index (χ2v) is 8.05. The van der Waals surface area contributed by atoms with Gasteiger partial charge in [0.15, 0.2) is 15.6 Å². The lowest BCUT2D eigenvalue weighted by Gasteiger charge is -2.08. The van der Waals surface area contributed by atoms with Crippen LogP contribution in [0, 0.1) is 6.92 Å². The molecule has 7 nitrogen and oxygen atoms in total. The van der Waals surface area contributed by atoms with Gasteiger partial charge in [0.25, 0.3) is 0 Å². The van der Waals surface area contributed by atoms with Crippen molar-refractivity contribution in [2.75, 3.05) is 17.7 Å². The maximum atomic E-state index is 12.2. The highest BCUT2D eigenvalue weighted by Crippen LogP contribution is 2.10. The van der Waals surface area contributed by atoms with Crippen molar-refractivity contribution in [3.63, 3.8) is 0 Å². The maximum Gasteiger partial charge on any atom is 0.239 e. The molecule has 8 heteroatoms. The second kappa shape index (κ2) is 8.66. The van der Waals surface area contributed by atoms with E-state index >= 15 is 0 Å². The molecule has 0 radical (unpaired) electrons. The summed E-state index contributed by atoms with van der Waals surface area (Å²) in [5.74, 6) is -1.58. The van der Waals surface area contributed by atoms with Gasteiger partial charge in [-0.3, -0.25) is 9.59 Å². The van der Waals surface area contributed by atoms with Crippen molar-refractivity contribution < 1.29 is 17.9 Å². The number of sulfone groups is 1. The van der Waals surface area contributed by atoms with Gasteiger partial charge in [0.1, 0.15) is 5.75 Å². The highest BCUT2D eigenvalue weighted by atomic mass is 32.2. The summed E-state index contributed by atoms with van der Waals surface area (Å²) in [6.45, 7) is 4.23.